The topological polar surface area (TPSA) is 58.2 Å². The SMILES string of the molecule is CC(NCC(C)(C)NS(C)(=O)=O)c1ccc(F)cc1. The van der Waals surface area contributed by atoms with Crippen molar-refractivity contribution in [3.63, 3.8) is 0 Å². The Hall–Kier alpha value is -0.980. The van der Waals surface area contributed by atoms with E-state index < -0.39 is 15.6 Å². The molecule has 0 aliphatic rings. The molecule has 0 saturated heterocycles. The molecule has 1 atom stereocenters. The molecule has 1 unspecified atom stereocenters. The molecular formula is C13H21FN2O2S. The molecule has 1 aromatic rings. The number of halogens is 1. The average Bonchev–Trinajstić information content (AvgIpc) is 2.24. The number of sulfonamides is 1. The van der Waals surface area contributed by atoms with Crippen LogP contribution in [0.25, 0.3) is 0 Å². The second-order valence-corrected chi connectivity index (χ2v) is 7.16. The minimum atomic E-state index is -3.24. The van der Waals surface area contributed by atoms with Crippen LogP contribution in [0.2, 0.25) is 0 Å². The van der Waals surface area contributed by atoms with Gasteiger partial charge in [0.05, 0.1) is 6.26 Å². The summed E-state index contributed by atoms with van der Waals surface area (Å²) >= 11 is 0. The Kier molecular flexibility index (Phi) is 5.06. The van der Waals surface area contributed by atoms with E-state index in [-0.39, 0.29) is 11.9 Å². The molecule has 0 aliphatic carbocycles. The highest BCUT2D eigenvalue weighted by atomic mass is 32.2. The van der Waals surface area contributed by atoms with Crippen molar-refractivity contribution in [1.82, 2.24) is 10.0 Å². The first-order valence-corrected chi connectivity index (χ1v) is 7.96. The molecule has 6 heteroatoms. The lowest BCUT2D eigenvalue weighted by Crippen LogP contribution is -2.50. The van der Waals surface area contributed by atoms with E-state index in [2.05, 4.69) is 10.0 Å². The number of rotatable bonds is 6. The van der Waals surface area contributed by atoms with Crippen molar-refractivity contribution < 1.29 is 12.8 Å². The minimum absolute atomic E-state index is 0.0150. The van der Waals surface area contributed by atoms with Gasteiger partial charge in [-0.1, -0.05) is 12.1 Å². The molecule has 4 nitrogen and oxygen atoms in total. The maximum absolute atomic E-state index is 12.8. The fourth-order valence-corrected chi connectivity index (χ4v) is 2.89. The van der Waals surface area contributed by atoms with E-state index in [0.717, 1.165) is 11.8 Å². The Labute approximate surface area is 114 Å². The summed E-state index contributed by atoms with van der Waals surface area (Å²) in [5.74, 6) is -0.268. The van der Waals surface area contributed by atoms with Gasteiger partial charge in [0.25, 0.3) is 0 Å². The van der Waals surface area contributed by atoms with E-state index in [9.17, 15) is 12.8 Å². The van der Waals surface area contributed by atoms with Crippen molar-refractivity contribution in [2.24, 2.45) is 0 Å². The Morgan fingerprint density at radius 2 is 1.79 bits per heavy atom. The first-order valence-electron chi connectivity index (χ1n) is 6.07. The molecule has 19 heavy (non-hydrogen) atoms. The standard InChI is InChI=1S/C13H21FN2O2S/c1-10(11-5-7-12(14)8-6-11)15-9-13(2,3)16-19(4,17)18/h5-8,10,15-16H,9H2,1-4H3. The maximum atomic E-state index is 12.8. The van der Waals surface area contributed by atoms with Crippen LogP contribution < -0.4 is 10.0 Å². The Bertz CT molecular complexity index is 512. The van der Waals surface area contributed by atoms with Crippen molar-refractivity contribution in [2.75, 3.05) is 12.8 Å². The predicted octanol–water partition coefficient (Wildman–Crippen LogP) is 1.80. The van der Waals surface area contributed by atoms with E-state index in [1.807, 2.05) is 6.92 Å². The Morgan fingerprint density at radius 1 is 1.26 bits per heavy atom. The summed E-state index contributed by atoms with van der Waals surface area (Å²) in [6.07, 6.45) is 1.14. The summed E-state index contributed by atoms with van der Waals surface area (Å²) in [5.41, 5.74) is 0.374. The van der Waals surface area contributed by atoms with Gasteiger partial charge in [0, 0.05) is 18.1 Å². The molecule has 0 radical (unpaired) electrons. The van der Waals surface area contributed by atoms with Gasteiger partial charge in [-0.2, -0.15) is 0 Å². The van der Waals surface area contributed by atoms with Crippen molar-refractivity contribution in [3.05, 3.63) is 35.6 Å². The molecule has 108 valence electrons. The highest BCUT2D eigenvalue weighted by Gasteiger charge is 2.22. The third kappa shape index (κ3) is 6.13. The first-order chi connectivity index (χ1) is 8.59. The van der Waals surface area contributed by atoms with E-state index in [1.54, 1.807) is 26.0 Å². The zero-order valence-electron chi connectivity index (χ0n) is 11.7. The normalized spacial score (nSPS) is 14.4. The second-order valence-electron chi connectivity index (χ2n) is 5.41. The molecule has 0 bridgehead atoms. The quantitative estimate of drug-likeness (QED) is 0.839. The van der Waals surface area contributed by atoms with E-state index in [4.69, 9.17) is 0 Å². The van der Waals surface area contributed by atoms with Gasteiger partial charge in [0.2, 0.25) is 10.0 Å². The highest BCUT2D eigenvalue weighted by molar-refractivity contribution is 7.88. The van der Waals surface area contributed by atoms with Gasteiger partial charge in [0.1, 0.15) is 5.82 Å². The van der Waals surface area contributed by atoms with Gasteiger partial charge in [0.15, 0.2) is 0 Å². The van der Waals surface area contributed by atoms with E-state index >= 15 is 0 Å². The highest BCUT2D eigenvalue weighted by Crippen LogP contribution is 2.14. The van der Waals surface area contributed by atoms with Crippen LogP contribution in [-0.4, -0.2) is 26.8 Å². The van der Waals surface area contributed by atoms with Crippen LogP contribution in [0.5, 0.6) is 0 Å². The molecule has 2 N–H and O–H groups in total. The third-order valence-electron chi connectivity index (χ3n) is 2.68. The van der Waals surface area contributed by atoms with Crippen LogP contribution in [0.4, 0.5) is 4.39 Å². The van der Waals surface area contributed by atoms with Gasteiger partial charge in [-0.15, -0.1) is 0 Å². The monoisotopic (exact) mass is 288 g/mol. The van der Waals surface area contributed by atoms with Crippen molar-refractivity contribution in [2.45, 2.75) is 32.4 Å². The lowest BCUT2D eigenvalue weighted by atomic mass is 10.0. The summed E-state index contributed by atoms with van der Waals surface area (Å²) < 4.78 is 37.8. The summed E-state index contributed by atoms with van der Waals surface area (Å²) in [4.78, 5) is 0. The van der Waals surface area contributed by atoms with Gasteiger partial charge < -0.3 is 5.32 Å². The number of hydrogen-bond donors (Lipinski definition) is 2. The van der Waals surface area contributed by atoms with Crippen LogP contribution in [-0.2, 0) is 10.0 Å². The fourth-order valence-electron chi connectivity index (χ4n) is 1.82. The lowest BCUT2D eigenvalue weighted by molar-refractivity contribution is 0.399. The Morgan fingerprint density at radius 3 is 2.26 bits per heavy atom. The predicted molar refractivity (Wildman–Crippen MR) is 74.9 cm³/mol. The molecule has 0 spiro atoms. The smallest absolute Gasteiger partial charge is 0.209 e. The second kappa shape index (κ2) is 5.98. The zero-order chi connectivity index (χ0) is 14.7. The number of hydrogen-bond acceptors (Lipinski definition) is 3. The molecule has 0 heterocycles. The van der Waals surface area contributed by atoms with Gasteiger partial charge in [-0.05, 0) is 38.5 Å². The average molecular weight is 288 g/mol. The number of benzene rings is 1. The zero-order valence-corrected chi connectivity index (χ0v) is 12.5. The summed E-state index contributed by atoms with van der Waals surface area (Å²) in [5, 5.41) is 3.23. The van der Waals surface area contributed by atoms with E-state index in [0.29, 0.717) is 6.54 Å². The van der Waals surface area contributed by atoms with E-state index in [1.165, 1.54) is 12.1 Å². The van der Waals surface area contributed by atoms with Crippen molar-refractivity contribution in [3.8, 4) is 0 Å². The molecule has 0 fully saturated rings. The molecule has 1 aromatic carbocycles. The van der Waals surface area contributed by atoms with Gasteiger partial charge in [-0.25, -0.2) is 17.5 Å². The summed E-state index contributed by atoms with van der Waals surface area (Å²) in [6.45, 7) is 6.03. The van der Waals surface area contributed by atoms with Crippen molar-refractivity contribution >= 4 is 10.0 Å². The summed E-state index contributed by atoms with van der Waals surface area (Å²) in [7, 11) is -3.24. The molecule has 0 saturated carbocycles. The van der Waals surface area contributed by atoms with Gasteiger partial charge in [-0.3, -0.25) is 0 Å². The summed E-state index contributed by atoms with van der Waals surface area (Å²) in [6, 6.07) is 6.26. The van der Waals surface area contributed by atoms with Crippen LogP contribution in [0.3, 0.4) is 0 Å². The largest absolute Gasteiger partial charge is 0.308 e. The van der Waals surface area contributed by atoms with Crippen molar-refractivity contribution in [1.29, 1.82) is 0 Å². The Balaban J connectivity index is 2.58. The molecular weight excluding hydrogens is 267 g/mol. The molecule has 0 amide bonds. The van der Waals surface area contributed by atoms with Crippen LogP contribution in [0.15, 0.2) is 24.3 Å². The fraction of sp³-hybridized carbons (Fsp3) is 0.538. The van der Waals surface area contributed by atoms with Crippen LogP contribution in [0.1, 0.15) is 32.4 Å². The lowest BCUT2D eigenvalue weighted by Gasteiger charge is -2.27. The van der Waals surface area contributed by atoms with Crippen LogP contribution >= 0.6 is 0 Å². The third-order valence-corrected chi connectivity index (χ3v) is 3.61. The molecule has 0 aromatic heterocycles. The first kappa shape index (κ1) is 16.1. The van der Waals surface area contributed by atoms with Crippen LogP contribution in [0, 0.1) is 5.82 Å². The minimum Gasteiger partial charge on any atom is -0.308 e. The molecule has 0 aliphatic heterocycles. The maximum Gasteiger partial charge on any atom is 0.209 e. The number of nitrogens with one attached hydrogen (secondary N) is 2. The van der Waals surface area contributed by atoms with Gasteiger partial charge >= 0.3 is 0 Å². The molecule has 1 rings (SSSR count).